The standard InChI is InChI=1S/C12H17N5/c1-8(2)11-9(6-13-3)12(17-16-11)10-7-14-4-5-15-10/h4-5,7-8,13H,6H2,1-3H3,(H,16,17). The lowest BCUT2D eigenvalue weighted by Gasteiger charge is -2.07. The maximum Gasteiger partial charge on any atom is 0.117 e. The summed E-state index contributed by atoms with van der Waals surface area (Å²) >= 11 is 0. The molecule has 2 heterocycles. The maximum atomic E-state index is 4.36. The van der Waals surface area contributed by atoms with Crippen molar-refractivity contribution in [3.63, 3.8) is 0 Å². The third-order valence-corrected chi connectivity index (χ3v) is 2.64. The molecule has 0 fully saturated rings. The van der Waals surface area contributed by atoms with Crippen LogP contribution in [0.25, 0.3) is 11.4 Å². The van der Waals surface area contributed by atoms with Gasteiger partial charge in [-0.1, -0.05) is 13.8 Å². The van der Waals surface area contributed by atoms with Crippen molar-refractivity contribution in [2.24, 2.45) is 0 Å². The molecule has 0 atom stereocenters. The van der Waals surface area contributed by atoms with Gasteiger partial charge in [0.2, 0.25) is 0 Å². The molecule has 0 saturated carbocycles. The van der Waals surface area contributed by atoms with Gasteiger partial charge < -0.3 is 5.32 Å². The van der Waals surface area contributed by atoms with Crippen molar-refractivity contribution in [1.82, 2.24) is 25.5 Å². The largest absolute Gasteiger partial charge is 0.316 e. The average Bonchev–Trinajstić information content (AvgIpc) is 2.75. The van der Waals surface area contributed by atoms with E-state index in [1.54, 1.807) is 18.6 Å². The Morgan fingerprint density at radius 2 is 2.18 bits per heavy atom. The minimum Gasteiger partial charge on any atom is -0.316 e. The summed E-state index contributed by atoms with van der Waals surface area (Å²) in [4.78, 5) is 8.37. The molecule has 0 spiro atoms. The Kier molecular flexibility index (Phi) is 3.49. The summed E-state index contributed by atoms with van der Waals surface area (Å²) in [6.45, 7) is 5.07. The Balaban J connectivity index is 2.47. The first kappa shape index (κ1) is 11.7. The number of hydrogen-bond donors (Lipinski definition) is 2. The Labute approximate surface area is 101 Å². The number of H-pyrrole nitrogens is 1. The normalized spacial score (nSPS) is 11.1. The molecule has 17 heavy (non-hydrogen) atoms. The molecule has 0 aromatic carbocycles. The van der Waals surface area contributed by atoms with Crippen LogP contribution in [0.3, 0.4) is 0 Å². The summed E-state index contributed by atoms with van der Waals surface area (Å²) in [7, 11) is 1.93. The Hall–Kier alpha value is -1.75. The van der Waals surface area contributed by atoms with E-state index in [9.17, 15) is 0 Å². The van der Waals surface area contributed by atoms with E-state index in [1.165, 1.54) is 5.56 Å². The van der Waals surface area contributed by atoms with Gasteiger partial charge in [-0.2, -0.15) is 5.10 Å². The Morgan fingerprint density at radius 3 is 2.76 bits per heavy atom. The molecular weight excluding hydrogens is 214 g/mol. The molecule has 0 amide bonds. The van der Waals surface area contributed by atoms with Crippen LogP contribution in [0.4, 0.5) is 0 Å². The monoisotopic (exact) mass is 231 g/mol. The van der Waals surface area contributed by atoms with Crippen molar-refractivity contribution in [2.75, 3.05) is 7.05 Å². The van der Waals surface area contributed by atoms with Crippen LogP contribution >= 0.6 is 0 Å². The molecule has 0 aliphatic heterocycles. The second-order valence-corrected chi connectivity index (χ2v) is 4.24. The highest BCUT2D eigenvalue weighted by molar-refractivity contribution is 5.59. The van der Waals surface area contributed by atoms with Crippen LogP contribution in [0.2, 0.25) is 0 Å². The van der Waals surface area contributed by atoms with E-state index in [4.69, 9.17) is 0 Å². The summed E-state index contributed by atoms with van der Waals surface area (Å²) < 4.78 is 0. The predicted molar refractivity (Wildman–Crippen MR) is 66.5 cm³/mol. The van der Waals surface area contributed by atoms with Crippen molar-refractivity contribution in [1.29, 1.82) is 0 Å². The fraction of sp³-hybridized carbons (Fsp3) is 0.417. The highest BCUT2D eigenvalue weighted by atomic mass is 15.1. The van der Waals surface area contributed by atoms with E-state index < -0.39 is 0 Å². The lowest BCUT2D eigenvalue weighted by atomic mass is 10.0. The zero-order valence-corrected chi connectivity index (χ0v) is 10.4. The van der Waals surface area contributed by atoms with Crippen LogP contribution in [0.5, 0.6) is 0 Å². The van der Waals surface area contributed by atoms with Crippen molar-refractivity contribution in [2.45, 2.75) is 26.3 Å². The third kappa shape index (κ3) is 2.34. The highest BCUT2D eigenvalue weighted by Gasteiger charge is 2.17. The molecule has 90 valence electrons. The lowest BCUT2D eigenvalue weighted by molar-refractivity contribution is 0.760. The van der Waals surface area contributed by atoms with Crippen LogP contribution in [0.15, 0.2) is 18.6 Å². The van der Waals surface area contributed by atoms with Gasteiger partial charge in [0.05, 0.1) is 6.20 Å². The second kappa shape index (κ2) is 5.05. The quantitative estimate of drug-likeness (QED) is 0.840. The molecule has 0 aliphatic carbocycles. The van der Waals surface area contributed by atoms with Crippen LogP contribution in [0, 0.1) is 0 Å². The molecular formula is C12H17N5. The van der Waals surface area contributed by atoms with E-state index in [1.807, 2.05) is 7.05 Å². The molecule has 2 aromatic rings. The van der Waals surface area contributed by atoms with Crippen LogP contribution in [0.1, 0.15) is 31.0 Å². The van der Waals surface area contributed by atoms with Crippen LogP contribution in [-0.4, -0.2) is 27.2 Å². The van der Waals surface area contributed by atoms with Crippen molar-refractivity contribution in [3.05, 3.63) is 29.8 Å². The van der Waals surface area contributed by atoms with E-state index in [2.05, 4.69) is 39.3 Å². The molecule has 2 rings (SSSR count). The van der Waals surface area contributed by atoms with Crippen molar-refractivity contribution in [3.8, 4) is 11.4 Å². The predicted octanol–water partition coefficient (Wildman–Crippen LogP) is 1.71. The molecule has 0 unspecified atom stereocenters. The van der Waals surface area contributed by atoms with Crippen LogP contribution < -0.4 is 5.32 Å². The first-order valence-electron chi connectivity index (χ1n) is 5.72. The summed E-state index contributed by atoms with van der Waals surface area (Å²) in [5, 5.41) is 10.6. The number of aromatic amines is 1. The van der Waals surface area contributed by atoms with Crippen molar-refractivity contribution >= 4 is 0 Å². The second-order valence-electron chi connectivity index (χ2n) is 4.24. The molecule has 0 saturated heterocycles. The van der Waals surface area contributed by atoms with Crippen molar-refractivity contribution < 1.29 is 0 Å². The van der Waals surface area contributed by atoms with Gasteiger partial charge in [-0.15, -0.1) is 0 Å². The number of nitrogens with one attached hydrogen (secondary N) is 2. The lowest BCUT2D eigenvalue weighted by Crippen LogP contribution is -2.08. The molecule has 0 aliphatic rings. The van der Waals surface area contributed by atoms with Gasteiger partial charge in [-0.05, 0) is 13.0 Å². The summed E-state index contributed by atoms with van der Waals surface area (Å²) in [6, 6.07) is 0. The molecule has 0 bridgehead atoms. The van der Waals surface area contributed by atoms with Gasteiger partial charge in [0.15, 0.2) is 0 Å². The van der Waals surface area contributed by atoms with Gasteiger partial charge in [0, 0.05) is 30.2 Å². The number of aromatic nitrogens is 4. The number of hydrogen-bond acceptors (Lipinski definition) is 4. The maximum absolute atomic E-state index is 4.36. The van der Waals surface area contributed by atoms with Gasteiger partial charge in [-0.25, -0.2) is 0 Å². The summed E-state index contributed by atoms with van der Waals surface area (Å²) in [6.07, 6.45) is 5.08. The fourth-order valence-corrected chi connectivity index (χ4v) is 1.85. The average molecular weight is 231 g/mol. The first-order valence-corrected chi connectivity index (χ1v) is 5.72. The molecule has 5 nitrogen and oxygen atoms in total. The van der Waals surface area contributed by atoms with E-state index in [-0.39, 0.29) is 0 Å². The Morgan fingerprint density at radius 1 is 1.35 bits per heavy atom. The minimum atomic E-state index is 0.413. The summed E-state index contributed by atoms with van der Waals surface area (Å²) in [5.74, 6) is 0.413. The number of nitrogens with zero attached hydrogens (tertiary/aromatic N) is 3. The SMILES string of the molecule is CNCc1c(-c2cnccn2)n[nH]c1C(C)C. The third-order valence-electron chi connectivity index (χ3n) is 2.64. The highest BCUT2D eigenvalue weighted by Crippen LogP contribution is 2.25. The smallest absolute Gasteiger partial charge is 0.117 e. The Bertz CT molecular complexity index is 475. The molecule has 5 heteroatoms. The summed E-state index contributed by atoms with van der Waals surface area (Å²) in [5.41, 5.74) is 4.01. The van der Waals surface area contributed by atoms with Gasteiger partial charge in [0.1, 0.15) is 11.4 Å². The zero-order chi connectivity index (χ0) is 12.3. The van der Waals surface area contributed by atoms with Crippen LogP contribution in [-0.2, 0) is 6.54 Å². The van der Waals surface area contributed by atoms with Gasteiger partial charge >= 0.3 is 0 Å². The molecule has 2 N–H and O–H groups in total. The number of rotatable bonds is 4. The van der Waals surface area contributed by atoms with Gasteiger partial charge in [-0.3, -0.25) is 15.1 Å². The van der Waals surface area contributed by atoms with Gasteiger partial charge in [0.25, 0.3) is 0 Å². The zero-order valence-electron chi connectivity index (χ0n) is 10.4. The van der Waals surface area contributed by atoms with E-state index in [0.29, 0.717) is 5.92 Å². The topological polar surface area (TPSA) is 66.5 Å². The molecule has 2 aromatic heterocycles. The van der Waals surface area contributed by atoms with E-state index >= 15 is 0 Å². The first-order chi connectivity index (χ1) is 8.24. The van der Waals surface area contributed by atoms with E-state index in [0.717, 1.165) is 23.6 Å². The fourth-order valence-electron chi connectivity index (χ4n) is 1.85. The minimum absolute atomic E-state index is 0.413. The molecule has 0 radical (unpaired) electrons.